The number of rotatable bonds is 5. The van der Waals surface area contributed by atoms with Crippen LogP contribution in [0, 0.1) is 0 Å². The van der Waals surface area contributed by atoms with E-state index in [9.17, 15) is 14.4 Å². The highest BCUT2D eigenvalue weighted by atomic mass is 16.2. The maximum Gasteiger partial charge on any atom is 0.272 e. The fraction of sp³-hybridized carbons (Fsp3) is 0.364. The second-order valence-electron chi connectivity index (χ2n) is 7.08. The predicted molar refractivity (Wildman–Crippen MR) is 108 cm³/mol. The normalized spacial score (nSPS) is 16.5. The predicted octanol–water partition coefficient (Wildman–Crippen LogP) is 3.94. The zero-order valence-corrected chi connectivity index (χ0v) is 16.3. The minimum atomic E-state index is -0.345. The molecule has 0 spiro atoms. The number of aromatic nitrogens is 1. The number of nitrogens with zero attached hydrogens (tertiary/aromatic N) is 2. The molecule has 1 aromatic carbocycles. The summed E-state index contributed by atoms with van der Waals surface area (Å²) in [5.74, 6) is -0.539. The number of anilines is 1. The van der Waals surface area contributed by atoms with Gasteiger partial charge in [0.15, 0.2) is 5.78 Å². The van der Waals surface area contributed by atoms with Crippen LogP contribution < -0.4 is 5.32 Å². The van der Waals surface area contributed by atoms with Crippen molar-refractivity contribution in [3.8, 4) is 0 Å². The molecule has 146 valence electrons. The standard InChI is InChI=1S/C22H25N3O3/c1-3-19-9-4-5-12-25(19)22(28)20-14-17(10-11-23-20)21(27)24-18-8-6-7-16(13-18)15(2)26/h6-8,10-11,13-14,19H,3-5,9,12H2,1-2H3,(H,24,27). The third kappa shape index (κ3) is 4.44. The average Bonchev–Trinajstić information content (AvgIpc) is 2.73. The van der Waals surface area contributed by atoms with Crippen LogP contribution in [0.4, 0.5) is 5.69 Å². The first kappa shape index (κ1) is 19.7. The number of amides is 2. The molecule has 1 fully saturated rings. The van der Waals surface area contributed by atoms with Crippen LogP contribution in [-0.4, -0.2) is 40.1 Å². The van der Waals surface area contributed by atoms with Crippen molar-refractivity contribution in [3.63, 3.8) is 0 Å². The molecule has 1 N–H and O–H groups in total. The van der Waals surface area contributed by atoms with Gasteiger partial charge in [-0.15, -0.1) is 0 Å². The van der Waals surface area contributed by atoms with Crippen LogP contribution in [0.1, 0.15) is 70.7 Å². The quantitative estimate of drug-likeness (QED) is 0.798. The molecule has 2 amide bonds. The van der Waals surface area contributed by atoms with Crippen molar-refractivity contribution in [2.75, 3.05) is 11.9 Å². The van der Waals surface area contributed by atoms with Gasteiger partial charge in [-0.2, -0.15) is 0 Å². The second kappa shape index (κ2) is 8.78. The molecule has 6 heteroatoms. The summed E-state index contributed by atoms with van der Waals surface area (Å²) in [6.45, 7) is 4.29. The Labute approximate surface area is 165 Å². The summed E-state index contributed by atoms with van der Waals surface area (Å²) >= 11 is 0. The van der Waals surface area contributed by atoms with E-state index >= 15 is 0 Å². The maximum absolute atomic E-state index is 12.9. The summed E-state index contributed by atoms with van der Waals surface area (Å²) in [6.07, 6.45) is 5.54. The highest BCUT2D eigenvalue weighted by Gasteiger charge is 2.27. The fourth-order valence-electron chi connectivity index (χ4n) is 3.55. The Morgan fingerprint density at radius 1 is 1.14 bits per heavy atom. The molecule has 2 aromatic rings. The molecular weight excluding hydrogens is 354 g/mol. The summed E-state index contributed by atoms with van der Waals surface area (Å²) < 4.78 is 0. The van der Waals surface area contributed by atoms with E-state index in [1.807, 2.05) is 4.90 Å². The van der Waals surface area contributed by atoms with Gasteiger partial charge in [-0.1, -0.05) is 19.1 Å². The zero-order valence-electron chi connectivity index (χ0n) is 16.3. The number of likely N-dealkylation sites (tertiary alicyclic amines) is 1. The van der Waals surface area contributed by atoms with Crippen molar-refractivity contribution < 1.29 is 14.4 Å². The lowest BCUT2D eigenvalue weighted by atomic mass is 9.99. The second-order valence-corrected chi connectivity index (χ2v) is 7.08. The number of carbonyl (C=O) groups is 3. The fourth-order valence-corrected chi connectivity index (χ4v) is 3.55. The SMILES string of the molecule is CCC1CCCCN1C(=O)c1cc(C(=O)Nc2cccc(C(C)=O)c2)ccn1. The van der Waals surface area contributed by atoms with Gasteiger partial charge in [0.1, 0.15) is 5.69 Å². The highest BCUT2D eigenvalue weighted by Crippen LogP contribution is 2.21. The molecule has 1 aromatic heterocycles. The lowest BCUT2D eigenvalue weighted by molar-refractivity contribution is 0.0602. The Hall–Kier alpha value is -3.02. The molecule has 1 aliphatic rings. The zero-order chi connectivity index (χ0) is 20.1. The number of carbonyl (C=O) groups excluding carboxylic acids is 3. The third-order valence-corrected chi connectivity index (χ3v) is 5.13. The van der Waals surface area contributed by atoms with E-state index in [0.29, 0.717) is 16.8 Å². The summed E-state index contributed by atoms with van der Waals surface area (Å²) in [5.41, 5.74) is 1.70. The molecule has 1 aliphatic heterocycles. The van der Waals surface area contributed by atoms with E-state index in [0.717, 1.165) is 32.2 Å². The van der Waals surface area contributed by atoms with Gasteiger partial charge < -0.3 is 10.2 Å². The van der Waals surface area contributed by atoms with Crippen LogP contribution in [0.25, 0.3) is 0 Å². The van der Waals surface area contributed by atoms with E-state index in [1.54, 1.807) is 30.3 Å². The minimum absolute atomic E-state index is 0.0695. The highest BCUT2D eigenvalue weighted by molar-refractivity contribution is 6.06. The van der Waals surface area contributed by atoms with Crippen molar-refractivity contribution >= 4 is 23.3 Å². The summed E-state index contributed by atoms with van der Waals surface area (Å²) in [6, 6.07) is 10.1. The van der Waals surface area contributed by atoms with Crippen molar-refractivity contribution in [3.05, 3.63) is 59.4 Å². The first-order chi connectivity index (χ1) is 13.5. The number of piperidine rings is 1. The number of ketones is 1. The van der Waals surface area contributed by atoms with Gasteiger partial charge in [0.25, 0.3) is 11.8 Å². The van der Waals surface area contributed by atoms with E-state index < -0.39 is 0 Å². The molecule has 0 radical (unpaired) electrons. The monoisotopic (exact) mass is 379 g/mol. The maximum atomic E-state index is 12.9. The third-order valence-electron chi connectivity index (χ3n) is 5.13. The molecule has 1 saturated heterocycles. The summed E-state index contributed by atoms with van der Waals surface area (Å²) in [7, 11) is 0. The topological polar surface area (TPSA) is 79.4 Å². The number of pyridine rings is 1. The van der Waals surface area contributed by atoms with Gasteiger partial charge in [0.05, 0.1) is 0 Å². The minimum Gasteiger partial charge on any atom is -0.334 e. The number of benzene rings is 1. The molecule has 0 saturated carbocycles. The van der Waals surface area contributed by atoms with Gasteiger partial charge in [-0.25, -0.2) is 0 Å². The van der Waals surface area contributed by atoms with Crippen molar-refractivity contribution in [1.29, 1.82) is 0 Å². The number of hydrogen-bond acceptors (Lipinski definition) is 4. The van der Waals surface area contributed by atoms with E-state index in [2.05, 4.69) is 17.2 Å². The molecular formula is C22H25N3O3. The van der Waals surface area contributed by atoms with Crippen LogP contribution in [0.2, 0.25) is 0 Å². The van der Waals surface area contributed by atoms with E-state index in [4.69, 9.17) is 0 Å². The Morgan fingerprint density at radius 3 is 2.71 bits per heavy atom. The lowest BCUT2D eigenvalue weighted by Crippen LogP contribution is -2.43. The Balaban J connectivity index is 1.77. The van der Waals surface area contributed by atoms with Crippen LogP contribution in [0.15, 0.2) is 42.6 Å². The molecule has 6 nitrogen and oxygen atoms in total. The molecule has 28 heavy (non-hydrogen) atoms. The average molecular weight is 379 g/mol. The number of hydrogen-bond donors (Lipinski definition) is 1. The smallest absolute Gasteiger partial charge is 0.272 e. The summed E-state index contributed by atoms with van der Waals surface area (Å²) in [5, 5.41) is 2.78. The van der Waals surface area contributed by atoms with E-state index in [1.165, 1.54) is 19.2 Å². The molecule has 2 heterocycles. The van der Waals surface area contributed by atoms with Crippen molar-refractivity contribution in [2.24, 2.45) is 0 Å². The molecule has 1 unspecified atom stereocenters. The largest absolute Gasteiger partial charge is 0.334 e. The molecule has 0 bridgehead atoms. The first-order valence-electron chi connectivity index (χ1n) is 9.69. The van der Waals surface area contributed by atoms with Gasteiger partial charge in [0, 0.05) is 35.6 Å². The Morgan fingerprint density at radius 2 is 1.96 bits per heavy atom. The number of Topliss-reactive ketones (excluding diaryl/α,β-unsaturated/α-hetero) is 1. The molecule has 0 aliphatic carbocycles. The Kier molecular flexibility index (Phi) is 6.19. The Bertz CT molecular complexity index is 894. The van der Waals surface area contributed by atoms with Crippen LogP contribution in [0.5, 0.6) is 0 Å². The van der Waals surface area contributed by atoms with Gasteiger partial charge >= 0.3 is 0 Å². The van der Waals surface area contributed by atoms with Crippen LogP contribution >= 0.6 is 0 Å². The van der Waals surface area contributed by atoms with Crippen molar-refractivity contribution in [1.82, 2.24) is 9.88 Å². The lowest BCUT2D eigenvalue weighted by Gasteiger charge is -2.35. The van der Waals surface area contributed by atoms with Gasteiger partial charge in [-0.05, 0) is 56.9 Å². The van der Waals surface area contributed by atoms with E-state index in [-0.39, 0.29) is 29.3 Å². The number of nitrogens with one attached hydrogen (secondary N) is 1. The van der Waals surface area contributed by atoms with Gasteiger partial charge in [0.2, 0.25) is 0 Å². The molecule has 3 rings (SSSR count). The van der Waals surface area contributed by atoms with Crippen LogP contribution in [0.3, 0.4) is 0 Å². The summed E-state index contributed by atoms with van der Waals surface area (Å²) in [4.78, 5) is 43.1. The molecule has 1 atom stereocenters. The first-order valence-corrected chi connectivity index (χ1v) is 9.69. The van der Waals surface area contributed by atoms with Gasteiger partial charge in [-0.3, -0.25) is 19.4 Å². The van der Waals surface area contributed by atoms with Crippen LogP contribution in [-0.2, 0) is 0 Å². The van der Waals surface area contributed by atoms with Crippen molar-refractivity contribution in [2.45, 2.75) is 45.6 Å².